The number of ether oxygens (including phenoxy) is 3. The van der Waals surface area contributed by atoms with E-state index in [9.17, 15) is 0 Å². The van der Waals surface area contributed by atoms with Crippen LogP contribution >= 0.6 is 0 Å². The van der Waals surface area contributed by atoms with Gasteiger partial charge in [-0.25, -0.2) is 0 Å². The fraction of sp³-hybridized carbons (Fsp3) is 0.120. The summed E-state index contributed by atoms with van der Waals surface area (Å²) in [5, 5.41) is 9.09. The highest BCUT2D eigenvalue weighted by Crippen LogP contribution is 2.43. The molecule has 0 fully saturated rings. The van der Waals surface area contributed by atoms with Crippen molar-refractivity contribution >= 4 is 0 Å². The molecule has 0 aliphatic rings. The molecule has 150 valence electrons. The molecule has 1 heterocycles. The Bertz CT molecular complexity index is 1120. The zero-order valence-corrected chi connectivity index (χ0v) is 17.1. The van der Waals surface area contributed by atoms with E-state index in [-0.39, 0.29) is 0 Å². The Labute approximate surface area is 175 Å². The average Bonchev–Trinajstić information content (AvgIpc) is 2.83. The molecule has 4 aromatic rings. The molecule has 0 radical (unpaired) electrons. The predicted octanol–water partition coefficient (Wildman–Crippen LogP) is 5.50. The Morgan fingerprint density at radius 3 is 1.67 bits per heavy atom. The summed E-state index contributed by atoms with van der Waals surface area (Å²) in [6, 6.07) is 25.9. The van der Waals surface area contributed by atoms with Crippen LogP contribution in [0.3, 0.4) is 0 Å². The molecule has 0 saturated heterocycles. The van der Waals surface area contributed by atoms with Gasteiger partial charge in [-0.05, 0) is 23.8 Å². The molecule has 4 rings (SSSR count). The van der Waals surface area contributed by atoms with E-state index in [2.05, 4.69) is 10.2 Å². The van der Waals surface area contributed by atoms with Gasteiger partial charge in [-0.3, -0.25) is 0 Å². The first kappa shape index (κ1) is 19.5. The molecule has 0 N–H and O–H groups in total. The summed E-state index contributed by atoms with van der Waals surface area (Å²) >= 11 is 0. The van der Waals surface area contributed by atoms with Gasteiger partial charge in [0.25, 0.3) is 0 Å². The molecule has 30 heavy (non-hydrogen) atoms. The molecule has 5 nitrogen and oxygen atoms in total. The number of aromatic nitrogens is 2. The normalized spacial score (nSPS) is 10.5. The summed E-state index contributed by atoms with van der Waals surface area (Å²) in [6.45, 7) is 0. The smallest absolute Gasteiger partial charge is 0.203 e. The van der Waals surface area contributed by atoms with Crippen molar-refractivity contribution < 1.29 is 14.2 Å². The van der Waals surface area contributed by atoms with Crippen LogP contribution in [-0.2, 0) is 0 Å². The van der Waals surface area contributed by atoms with E-state index >= 15 is 0 Å². The van der Waals surface area contributed by atoms with Gasteiger partial charge < -0.3 is 14.2 Å². The number of nitrogens with zero attached hydrogens (tertiary/aromatic N) is 2. The Morgan fingerprint density at radius 1 is 0.567 bits per heavy atom. The van der Waals surface area contributed by atoms with Gasteiger partial charge in [0.1, 0.15) is 5.69 Å². The van der Waals surface area contributed by atoms with Crippen molar-refractivity contribution in [3.63, 3.8) is 0 Å². The summed E-state index contributed by atoms with van der Waals surface area (Å²) in [4.78, 5) is 0. The van der Waals surface area contributed by atoms with Crippen LogP contribution < -0.4 is 14.2 Å². The van der Waals surface area contributed by atoms with E-state index in [1.54, 1.807) is 21.3 Å². The largest absolute Gasteiger partial charge is 0.493 e. The second kappa shape index (κ2) is 8.66. The van der Waals surface area contributed by atoms with Crippen LogP contribution in [0.2, 0.25) is 0 Å². The van der Waals surface area contributed by atoms with E-state index in [0.717, 1.165) is 33.6 Å². The number of rotatable bonds is 6. The third-order valence-electron chi connectivity index (χ3n) is 4.89. The van der Waals surface area contributed by atoms with Gasteiger partial charge in [-0.2, -0.15) is 0 Å². The molecule has 0 amide bonds. The van der Waals surface area contributed by atoms with Gasteiger partial charge in [0.15, 0.2) is 11.5 Å². The lowest BCUT2D eigenvalue weighted by atomic mass is 9.97. The summed E-state index contributed by atoms with van der Waals surface area (Å²) in [5.41, 5.74) is 5.37. The van der Waals surface area contributed by atoms with Gasteiger partial charge in [0, 0.05) is 16.7 Å². The minimum absolute atomic E-state index is 0.551. The fourth-order valence-electron chi connectivity index (χ4n) is 3.41. The zero-order valence-electron chi connectivity index (χ0n) is 17.1. The molecule has 3 aromatic carbocycles. The average molecular weight is 398 g/mol. The van der Waals surface area contributed by atoms with Crippen LogP contribution in [0.4, 0.5) is 0 Å². The van der Waals surface area contributed by atoms with E-state index in [1.165, 1.54) is 0 Å². The molecule has 0 saturated carbocycles. The van der Waals surface area contributed by atoms with E-state index in [4.69, 9.17) is 14.2 Å². The fourth-order valence-corrected chi connectivity index (χ4v) is 3.41. The monoisotopic (exact) mass is 398 g/mol. The molecular formula is C25H22N2O3. The number of hydrogen-bond acceptors (Lipinski definition) is 5. The van der Waals surface area contributed by atoms with Crippen LogP contribution in [0.15, 0.2) is 78.9 Å². The van der Waals surface area contributed by atoms with Gasteiger partial charge in [0.05, 0.1) is 27.0 Å². The first-order chi connectivity index (χ1) is 14.7. The van der Waals surface area contributed by atoms with Gasteiger partial charge in [-0.1, -0.05) is 60.7 Å². The standard InChI is InChI=1S/C25H22N2O3/c1-28-22-14-19(15-23(29-2)25(22)30-3)20-16-21(17-10-6-4-7-11-17)26-27-24(20)18-12-8-5-9-13-18/h4-16H,1-3H3. The highest BCUT2D eigenvalue weighted by molar-refractivity contribution is 5.85. The Balaban J connectivity index is 1.97. The maximum absolute atomic E-state index is 5.56. The highest BCUT2D eigenvalue weighted by Gasteiger charge is 2.18. The summed E-state index contributed by atoms with van der Waals surface area (Å²) < 4.78 is 16.6. The Hall–Kier alpha value is -3.86. The van der Waals surface area contributed by atoms with Crippen molar-refractivity contribution in [2.75, 3.05) is 21.3 Å². The summed E-state index contributed by atoms with van der Waals surface area (Å²) in [7, 11) is 4.82. The van der Waals surface area contributed by atoms with Crippen LogP contribution in [-0.4, -0.2) is 31.5 Å². The van der Waals surface area contributed by atoms with Gasteiger partial charge >= 0.3 is 0 Å². The topological polar surface area (TPSA) is 53.5 Å². The lowest BCUT2D eigenvalue weighted by molar-refractivity contribution is 0.324. The first-order valence-electron chi connectivity index (χ1n) is 9.54. The maximum Gasteiger partial charge on any atom is 0.203 e. The lowest BCUT2D eigenvalue weighted by Gasteiger charge is -2.16. The van der Waals surface area contributed by atoms with Crippen molar-refractivity contribution in [2.45, 2.75) is 0 Å². The van der Waals surface area contributed by atoms with Gasteiger partial charge in [-0.15, -0.1) is 10.2 Å². The number of methoxy groups -OCH3 is 3. The Kier molecular flexibility index (Phi) is 5.61. The van der Waals surface area contributed by atoms with E-state index < -0.39 is 0 Å². The first-order valence-corrected chi connectivity index (χ1v) is 9.54. The molecule has 0 bridgehead atoms. The minimum Gasteiger partial charge on any atom is -0.493 e. The van der Waals surface area contributed by atoms with Crippen LogP contribution in [0.25, 0.3) is 33.6 Å². The van der Waals surface area contributed by atoms with Crippen molar-refractivity contribution in [2.24, 2.45) is 0 Å². The second-order valence-corrected chi connectivity index (χ2v) is 6.64. The molecule has 5 heteroatoms. The zero-order chi connectivity index (χ0) is 20.9. The minimum atomic E-state index is 0.551. The van der Waals surface area contributed by atoms with E-state index in [0.29, 0.717) is 17.2 Å². The molecule has 0 aliphatic heterocycles. The van der Waals surface area contributed by atoms with Crippen molar-refractivity contribution in [3.05, 3.63) is 78.9 Å². The third kappa shape index (κ3) is 3.70. The maximum atomic E-state index is 5.56. The quantitative estimate of drug-likeness (QED) is 0.429. The highest BCUT2D eigenvalue weighted by atomic mass is 16.5. The van der Waals surface area contributed by atoms with Crippen LogP contribution in [0, 0.1) is 0 Å². The summed E-state index contributed by atoms with van der Waals surface area (Å²) in [5.74, 6) is 1.73. The van der Waals surface area contributed by atoms with Crippen LogP contribution in [0.1, 0.15) is 0 Å². The molecule has 0 aliphatic carbocycles. The van der Waals surface area contributed by atoms with Gasteiger partial charge in [0.2, 0.25) is 5.75 Å². The van der Waals surface area contributed by atoms with Crippen LogP contribution in [0.5, 0.6) is 17.2 Å². The second-order valence-electron chi connectivity index (χ2n) is 6.64. The lowest BCUT2D eigenvalue weighted by Crippen LogP contribution is -1.98. The SMILES string of the molecule is COc1cc(-c2cc(-c3ccccc3)nnc2-c2ccccc2)cc(OC)c1OC. The Morgan fingerprint density at radius 2 is 1.13 bits per heavy atom. The van der Waals surface area contributed by atoms with E-state index in [1.807, 2.05) is 78.9 Å². The van der Waals surface area contributed by atoms with Crippen molar-refractivity contribution in [1.82, 2.24) is 10.2 Å². The summed E-state index contributed by atoms with van der Waals surface area (Å²) in [6.07, 6.45) is 0. The number of hydrogen-bond donors (Lipinski definition) is 0. The number of benzene rings is 3. The van der Waals surface area contributed by atoms with Crippen molar-refractivity contribution in [1.29, 1.82) is 0 Å². The molecule has 0 unspecified atom stereocenters. The third-order valence-corrected chi connectivity index (χ3v) is 4.89. The molecule has 0 atom stereocenters. The molecular weight excluding hydrogens is 376 g/mol. The predicted molar refractivity (Wildman–Crippen MR) is 118 cm³/mol. The van der Waals surface area contributed by atoms with Crippen molar-refractivity contribution in [3.8, 4) is 50.9 Å². The molecule has 1 aromatic heterocycles. The molecule has 0 spiro atoms.